The molecule has 2 rings (SSSR count). The smallest absolute Gasteiger partial charge is 0.243 e. The van der Waals surface area contributed by atoms with Gasteiger partial charge in [0.05, 0.1) is 17.9 Å². The molecular weight excluding hydrogens is 302 g/mol. The highest BCUT2D eigenvalue weighted by molar-refractivity contribution is 7.89. The van der Waals surface area contributed by atoms with E-state index in [4.69, 9.17) is 21.8 Å². The number of aromatic nitrogens is 1. The van der Waals surface area contributed by atoms with Crippen molar-refractivity contribution in [1.29, 1.82) is 0 Å². The lowest BCUT2D eigenvalue weighted by Gasteiger charge is -2.08. The molecular formula is C12H14ClN3O3S. The molecule has 0 atom stereocenters. The largest absolute Gasteiger partial charge is 0.444 e. The predicted molar refractivity (Wildman–Crippen MR) is 75.9 cm³/mol. The first kappa shape index (κ1) is 14.8. The number of anilines is 1. The van der Waals surface area contributed by atoms with Crippen molar-refractivity contribution in [3.05, 3.63) is 40.6 Å². The van der Waals surface area contributed by atoms with Crippen molar-refractivity contribution in [3.8, 4) is 0 Å². The Labute approximate surface area is 122 Å². The summed E-state index contributed by atoms with van der Waals surface area (Å²) in [5, 5.41) is 0.294. The summed E-state index contributed by atoms with van der Waals surface area (Å²) in [7, 11) is -3.77. The quantitative estimate of drug-likeness (QED) is 0.841. The monoisotopic (exact) mass is 315 g/mol. The molecule has 0 aliphatic rings. The summed E-state index contributed by atoms with van der Waals surface area (Å²) < 4.78 is 32.0. The van der Waals surface area contributed by atoms with Gasteiger partial charge in [-0.15, -0.1) is 0 Å². The average molecular weight is 316 g/mol. The maximum absolute atomic E-state index is 12.2. The van der Waals surface area contributed by atoms with E-state index in [0.29, 0.717) is 16.7 Å². The van der Waals surface area contributed by atoms with Gasteiger partial charge in [-0.3, -0.25) is 0 Å². The molecule has 1 aromatic heterocycles. The number of rotatable bonds is 4. The molecule has 0 fully saturated rings. The number of nitrogens with one attached hydrogen (secondary N) is 1. The highest BCUT2D eigenvalue weighted by Crippen LogP contribution is 2.22. The first-order chi connectivity index (χ1) is 9.29. The Balaban J connectivity index is 2.21. The minimum absolute atomic E-state index is 0.0526. The Morgan fingerprint density at radius 3 is 2.70 bits per heavy atom. The zero-order chi connectivity index (χ0) is 14.9. The van der Waals surface area contributed by atoms with Crippen molar-refractivity contribution < 1.29 is 12.8 Å². The Kier molecular flexibility index (Phi) is 4.03. The van der Waals surface area contributed by atoms with Crippen LogP contribution < -0.4 is 10.5 Å². The zero-order valence-electron chi connectivity index (χ0n) is 11.0. The van der Waals surface area contributed by atoms with Gasteiger partial charge in [0.25, 0.3) is 0 Å². The summed E-state index contributed by atoms with van der Waals surface area (Å²) in [6.45, 7) is 3.49. The zero-order valence-corrected chi connectivity index (χ0v) is 12.5. The lowest BCUT2D eigenvalue weighted by Crippen LogP contribution is -2.24. The van der Waals surface area contributed by atoms with Crippen LogP contribution in [-0.2, 0) is 16.6 Å². The molecule has 0 radical (unpaired) electrons. The standard InChI is InChI=1S/C12H14ClN3O3S/c1-7-8(2)19-12(16-7)6-15-20(17,18)11-5-9(13)3-4-10(11)14/h3-5,15H,6,14H2,1-2H3. The number of aryl methyl sites for hydroxylation is 2. The number of hydrogen-bond acceptors (Lipinski definition) is 5. The maximum atomic E-state index is 12.2. The summed E-state index contributed by atoms with van der Waals surface area (Å²) >= 11 is 5.79. The first-order valence-corrected chi connectivity index (χ1v) is 7.63. The molecule has 20 heavy (non-hydrogen) atoms. The van der Waals surface area contributed by atoms with Gasteiger partial charge in [0.2, 0.25) is 15.9 Å². The van der Waals surface area contributed by atoms with E-state index < -0.39 is 10.0 Å². The molecule has 0 unspecified atom stereocenters. The molecule has 0 amide bonds. The molecule has 1 aromatic carbocycles. The van der Waals surface area contributed by atoms with Crippen LogP contribution in [0.4, 0.5) is 5.69 Å². The van der Waals surface area contributed by atoms with Crippen LogP contribution in [0.3, 0.4) is 0 Å². The first-order valence-electron chi connectivity index (χ1n) is 5.77. The van der Waals surface area contributed by atoms with Crippen LogP contribution in [-0.4, -0.2) is 13.4 Å². The Hall–Kier alpha value is -1.57. The van der Waals surface area contributed by atoms with Gasteiger partial charge >= 0.3 is 0 Å². The van der Waals surface area contributed by atoms with E-state index in [2.05, 4.69) is 9.71 Å². The van der Waals surface area contributed by atoms with E-state index >= 15 is 0 Å². The van der Waals surface area contributed by atoms with Crippen LogP contribution in [0.2, 0.25) is 5.02 Å². The van der Waals surface area contributed by atoms with E-state index in [1.165, 1.54) is 18.2 Å². The normalized spacial score (nSPS) is 11.8. The van der Waals surface area contributed by atoms with E-state index in [1.54, 1.807) is 13.8 Å². The van der Waals surface area contributed by atoms with Gasteiger partial charge in [-0.2, -0.15) is 0 Å². The van der Waals surface area contributed by atoms with Crippen LogP contribution in [0.25, 0.3) is 0 Å². The van der Waals surface area contributed by atoms with E-state index in [0.717, 1.165) is 5.69 Å². The van der Waals surface area contributed by atoms with E-state index in [1.807, 2.05) is 0 Å². The molecule has 0 bridgehead atoms. The summed E-state index contributed by atoms with van der Waals surface area (Å²) in [5.41, 5.74) is 6.51. The maximum Gasteiger partial charge on any atom is 0.243 e. The molecule has 8 heteroatoms. The molecule has 3 N–H and O–H groups in total. The summed E-state index contributed by atoms with van der Waals surface area (Å²) in [5.74, 6) is 0.950. The van der Waals surface area contributed by atoms with Gasteiger partial charge in [-0.25, -0.2) is 18.1 Å². The number of nitrogens with zero attached hydrogens (tertiary/aromatic N) is 1. The van der Waals surface area contributed by atoms with Gasteiger partial charge in [0, 0.05) is 5.02 Å². The molecule has 0 aliphatic heterocycles. The molecule has 0 spiro atoms. The minimum atomic E-state index is -3.77. The van der Waals surface area contributed by atoms with Crippen molar-refractivity contribution >= 4 is 27.3 Å². The van der Waals surface area contributed by atoms with Gasteiger partial charge < -0.3 is 10.2 Å². The van der Waals surface area contributed by atoms with Crippen molar-refractivity contribution in [2.45, 2.75) is 25.3 Å². The highest BCUT2D eigenvalue weighted by atomic mass is 35.5. The molecule has 0 saturated heterocycles. The van der Waals surface area contributed by atoms with Crippen molar-refractivity contribution in [3.63, 3.8) is 0 Å². The number of halogens is 1. The van der Waals surface area contributed by atoms with Crippen LogP contribution in [0.1, 0.15) is 17.3 Å². The summed E-state index contributed by atoms with van der Waals surface area (Å²) in [6, 6.07) is 4.26. The Morgan fingerprint density at radius 1 is 1.40 bits per heavy atom. The SMILES string of the molecule is Cc1nc(CNS(=O)(=O)c2cc(Cl)ccc2N)oc1C. The highest BCUT2D eigenvalue weighted by Gasteiger charge is 2.19. The number of nitrogen functional groups attached to an aromatic ring is 1. The van der Waals surface area contributed by atoms with Crippen LogP contribution in [0, 0.1) is 13.8 Å². The van der Waals surface area contributed by atoms with Gasteiger partial charge in [-0.1, -0.05) is 11.6 Å². The van der Waals surface area contributed by atoms with Crippen molar-refractivity contribution in [2.75, 3.05) is 5.73 Å². The second-order valence-electron chi connectivity index (χ2n) is 4.26. The topological polar surface area (TPSA) is 98.2 Å². The van der Waals surface area contributed by atoms with E-state index in [-0.39, 0.29) is 17.1 Å². The number of sulfonamides is 1. The predicted octanol–water partition coefficient (Wildman–Crippen LogP) is 2.01. The Morgan fingerprint density at radius 2 is 2.10 bits per heavy atom. The third kappa shape index (κ3) is 3.12. The lowest BCUT2D eigenvalue weighted by molar-refractivity contribution is 0.463. The molecule has 1 heterocycles. The molecule has 0 saturated carbocycles. The second kappa shape index (κ2) is 5.43. The molecule has 108 valence electrons. The minimum Gasteiger partial charge on any atom is -0.444 e. The lowest BCUT2D eigenvalue weighted by atomic mass is 10.3. The van der Waals surface area contributed by atoms with Gasteiger partial charge in [0.1, 0.15) is 10.7 Å². The molecule has 2 aromatic rings. The van der Waals surface area contributed by atoms with E-state index in [9.17, 15) is 8.42 Å². The van der Waals surface area contributed by atoms with Crippen LogP contribution in [0.5, 0.6) is 0 Å². The van der Waals surface area contributed by atoms with Crippen LogP contribution >= 0.6 is 11.6 Å². The number of oxazole rings is 1. The summed E-state index contributed by atoms with van der Waals surface area (Å²) in [4.78, 5) is 4.03. The number of benzene rings is 1. The Bertz CT molecular complexity index is 721. The fraction of sp³-hybridized carbons (Fsp3) is 0.250. The van der Waals surface area contributed by atoms with Gasteiger partial charge in [-0.05, 0) is 32.0 Å². The fourth-order valence-corrected chi connectivity index (χ4v) is 2.96. The van der Waals surface area contributed by atoms with Crippen molar-refractivity contribution in [1.82, 2.24) is 9.71 Å². The fourth-order valence-electron chi connectivity index (χ4n) is 1.59. The average Bonchev–Trinajstić information content (AvgIpc) is 2.69. The second-order valence-corrected chi connectivity index (χ2v) is 6.43. The van der Waals surface area contributed by atoms with Gasteiger partial charge in [0.15, 0.2) is 0 Å². The summed E-state index contributed by atoms with van der Waals surface area (Å²) in [6.07, 6.45) is 0. The van der Waals surface area contributed by atoms with Crippen molar-refractivity contribution in [2.24, 2.45) is 0 Å². The third-order valence-corrected chi connectivity index (χ3v) is 4.44. The number of nitrogens with two attached hydrogens (primary N) is 1. The third-order valence-electron chi connectivity index (χ3n) is 2.75. The molecule has 0 aliphatic carbocycles. The van der Waals surface area contributed by atoms with Crippen LogP contribution in [0.15, 0.2) is 27.5 Å². The molecule has 6 nitrogen and oxygen atoms in total. The number of hydrogen-bond donors (Lipinski definition) is 2.